The van der Waals surface area contributed by atoms with E-state index in [1.165, 1.54) is 21.0 Å². The van der Waals surface area contributed by atoms with Gasteiger partial charge in [-0.25, -0.2) is 4.79 Å². The average molecular weight is 226 g/mol. The third-order valence-corrected chi connectivity index (χ3v) is 2.31. The van der Waals surface area contributed by atoms with E-state index in [0.717, 1.165) is 6.92 Å². The number of hydrogen-bond donors (Lipinski definition) is 1. The van der Waals surface area contributed by atoms with Crippen LogP contribution in [0.15, 0.2) is 0 Å². The quantitative estimate of drug-likeness (QED) is 0.710. The molecule has 0 amide bonds. The molecule has 0 aromatic carbocycles. The molecule has 0 spiro atoms. The SMILES string of the molecule is CCOC(=O)C(F)(F)C(C)(O)C(C)OC. The Morgan fingerprint density at radius 3 is 2.33 bits per heavy atom. The number of carbonyl (C=O) groups is 1. The summed E-state index contributed by atoms with van der Waals surface area (Å²) in [5, 5.41) is 9.53. The first-order valence-corrected chi connectivity index (χ1v) is 4.52. The average Bonchev–Trinajstić information content (AvgIpc) is 2.16. The lowest BCUT2D eigenvalue weighted by Crippen LogP contribution is -2.58. The van der Waals surface area contributed by atoms with Gasteiger partial charge in [-0.15, -0.1) is 0 Å². The fourth-order valence-corrected chi connectivity index (χ4v) is 0.913. The molecule has 0 radical (unpaired) electrons. The van der Waals surface area contributed by atoms with Gasteiger partial charge < -0.3 is 14.6 Å². The first-order valence-electron chi connectivity index (χ1n) is 4.52. The number of carbonyl (C=O) groups excluding carboxylic acids is 1. The lowest BCUT2D eigenvalue weighted by molar-refractivity contribution is -0.232. The van der Waals surface area contributed by atoms with Gasteiger partial charge in [0.25, 0.3) is 0 Å². The highest BCUT2D eigenvalue weighted by atomic mass is 19.3. The predicted molar refractivity (Wildman–Crippen MR) is 48.7 cm³/mol. The van der Waals surface area contributed by atoms with Gasteiger partial charge >= 0.3 is 11.9 Å². The van der Waals surface area contributed by atoms with Crippen LogP contribution >= 0.6 is 0 Å². The maximum absolute atomic E-state index is 13.4. The Morgan fingerprint density at radius 1 is 1.53 bits per heavy atom. The highest BCUT2D eigenvalue weighted by Gasteiger charge is 2.59. The lowest BCUT2D eigenvalue weighted by Gasteiger charge is -2.34. The van der Waals surface area contributed by atoms with Crippen molar-refractivity contribution in [3.05, 3.63) is 0 Å². The third-order valence-electron chi connectivity index (χ3n) is 2.31. The second-order valence-corrected chi connectivity index (χ2v) is 3.32. The molecular weight excluding hydrogens is 210 g/mol. The number of hydrogen-bond acceptors (Lipinski definition) is 4. The van der Waals surface area contributed by atoms with Crippen molar-refractivity contribution in [2.24, 2.45) is 0 Å². The van der Waals surface area contributed by atoms with Gasteiger partial charge in [-0.1, -0.05) is 0 Å². The molecule has 0 aliphatic carbocycles. The van der Waals surface area contributed by atoms with Crippen LogP contribution in [-0.4, -0.2) is 42.4 Å². The minimum Gasteiger partial charge on any atom is -0.461 e. The number of rotatable bonds is 5. The zero-order valence-corrected chi connectivity index (χ0v) is 9.21. The molecule has 2 atom stereocenters. The predicted octanol–water partition coefficient (Wildman–Crippen LogP) is 0.971. The molecule has 0 heterocycles. The second-order valence-electron chi connectivity index (χ2n) is 3.32. The van der Waals surface area contributed by atoms with Gasteiger partial charge in [0.2, 0.25) is 0 Å². The van der Waals surface area contributed by atoms with Crippen molar-refractivity contribution >= 4 is 5.97 Å². The lowest BCUT2D eigenvalue weighted by atomic mass is 9.92. The van der Waals surface area contributed by atoms with Gasteiger partial charge in [0, 0.05) is 7.11 Å². The molecule has 4 nitrogen and oxygen atoms in total. The summed E-state index contributed by atoms with van der Waals surface area (Å²) in [6.45, 7) is 3.31. The molecule has 90 valence electrons. The summed E-state index contributed by atoms with van der Waals surface area (Å²) < 4.78 is 35.6. The van der Waals surface area contributed by atoms with E-state index in [-0.39, 0.29) is 6.61 Å². The van der Waals surface area contributed by atoms with E-state index in [1.807, 2.05) is 0 Å². The van der Waals surface area contributed by atoms with Gasteiger partial charge in [0.1, 0.15) is 0 Å². The summed E-state index contributed by atoms with van der Waals surface area (Å²) in [6.07, 6.45) is -1.20. The van der Waals surface area contributed by atoms with E-state index in [9.17, 15) is 18.7 Å². The van der Waals surface area contributed by atoms with Crippen LogP contribution in [0.2, 0.25) is 0 Å². The van der Waals surface area contributed by atoms with E-state index >= 15 is 0 Å². The molecule has 0 aliphatic rings. The van der Waals surface area contributed by atoms with E-state index in [4.69, 9.17) is 0 Å². The zero-order chi connectivity index (χ0) is 12.3. The van der Waals surface area contributed by atoms with Crippen molar-refractivity contribution in [2.75, 3.05) is 13.7 Å². The Kier molecular flexibility index (Phi) is 4.61. The van der Waals surface area contributed by atoms with Crippen LogP contribution in [0.5, 0.6) is 0 Å². The summed E-state index contributed by atoms with van der Waals surface area (Å²) in [5.74, 6) is -5.75. The maximum atomic E-state index is 13.4. The first kappa shape index (κ1) is 14.2. The minimum atomic E-state index is -4.00. The first-order chi connectivity index (χ1) is 6.71. The van der Waals surface area contributed by atoms with E-state index in [2.05, 4.69) is 9.47 Å². The molecule has 0 aromatic rings. The fourth-order valence-electron chi connectivity index (χ4n) is 0.913. The van der Waals surface area contributed by atoms with Crippen molar-refractivity contribution < 1.29 is 28.2 Å². The Bertz CT molecular complexity index is 228. The van der Waals surface area contributed by atoms with Crippen LogP contribution in [0.1, 0.15) is 20.8 Å². The molecule has 6 heteroatoms. The molecule has 2 unspecified atom stereocenters. The Labute approximate surface area is 87.2 Å². The van der Waals surface area contributed by atoms with Gasteiger partial charge in [-0.2, -0.15) is 8.78 Å². The number of alkyl halides is 2. The van der Waals surface area contributed by atoms with Gasteiger partial charge in [-0.3, -0.25) is 0 Å². The number of ether oxygens (including phenoxy) is 2. The largest absolute Gasteiger partial charge is 0.461 e. The fraction of sp³-hybridized carbons (Fsp3) is 0.889. The standard InChI is InChI=1S/C9H16F2O4/c1-5-15-7(12)9(10,11)8(3,13)6(2)14-4/h6,13H,5H2,1-4H3. The van der Waals surface area contributed by atoms with Crippen LogP contribution in [-0.2, 0) is 14.3 Å². The summed E-state index contributed by atoms with van der Waals surface area (Å²) in [4.78, 5) is 10.9. The van der Waals surface area contributed by atoms with Crippen LogP contribution in [0.4, 0.5) is 8.78 Å². The van der Waals surface area contributed by atoms with Crippen molar-refractivity contribution in [3.63, 3.8) is 0 Å². The molecule has 15 heavy (non-hydrogen) atoms. The molecule has 0 saturated carbocycles. The van der Waals surface area contributed by atoms with Crippen LogP contribution in [0, 0.1) is 0 Å². The van der Waals surface area contributed by atoms with Crippen molar-refractivity contribution in [1.29, 1.82) is 0 Å². The van der Waals surface area contributed by atoms with Gasteiger partial charge in [0.15, 0.2) is 5.60 Å². The van der Waals surface area contributed by atoms with Crippen molar-refractivity contribution in [2.45, 2.75) is 38.4 Å². The molecule has 0 rings (SSSR count). The molecule has 0 saturated heterocycles. The maximum Gasteiger partial charge on any atom is 0.380 e. The Morgan fingerprint density at radius 2 is 2.00 bits per heavy atom. The summed E-state index contributed by atoms with van der Waals surface area (Å²) in [7, 11) is 1.17. The van der Waals surface area contributed by atoms with Crippen LogP contribution < -0.4 is 0 Å². The summed E-state index contributed by atoms with van der Waals surface area (Å²) >= 11 is 0. The van der Waals surface area contributed by atoms with E-state index in [0.29, 0.717) is 0 Å². The number of methoxy groups -OCH3 is 1. The molecule has 0 aliphatic heterocycles. The molecule has 0 fully saturated rings. The molecular formula is C9H16F2O4. The van der Waals surface area contributed by atoms with Crippen LogP contribution in [0.25, 0.3) is 0 Å². The number of aliphatic hydroxyl groups is 1. The Hall–Kier alpha value is -0.750. The highest BCUT2D eigenvalue weighted by Crippen LogP contribution is 2.33. The number of esters is 1. The van der Waals surface area contributed by atoms with Gasteiger partial charge in [0.05, 0.1) is 12.7 Å². The third kappa shape index (κ3) is 2.63. The van der Waals surface area contributed by atoms with Crippen molar-refractivity contribution in [1.82, 2.24) is 0 Å². The Balaban J connectivity index is 4.91. The summed E-state index contributed by atoms with van der Waals surface area (Å²) in [6, 6.07) is 0. The monoisotopic (exact) mass is 226 g/mol. The van der Waals surface area contributed by atoms with Gasteiger partial charge in [-0.05, 0) is 20.8 Å². The molecule has 0 aromatic heterocycles. The normalized spacial score (nSPS) is 18.1. The minimum absolute atomic E-state index is 0.175. The molecule has 0 bridgehead atoms. The molecule has 1 N–H and O–H groups in total. The van der Waals surface area contributed by atoms with Crippen molar-refractivity contribution in [3.8, 4) is 0 Å². The topological polar surface area (TPSA) is 55.8 Å². The van der Waals surface area contributed by atoms with Crippen LogP contribution in [0.3, 0.4) is 0 Å². The summed E-state index contributed by atoms with van der Waals surface area (Å²) in [5.41, 5.74) is -2.60. The zero-order valence-electron chi connectivity index (χ0n) is 9.21. The smallest absolute Gasteiger partial charge is 0.380 e. The highest BCUT2D eigenvalue weighted by molar-refractivity contribution is 5.79. The number of halogens is 2. The van der Waals surface area contributed by atoms with E-state index in [1.54, 1.807) is 0 Å². The van der Waals surface area contributed by atoms with E-state index < -0.39 is 23.6 Å². The second kappa shape index (κ2) is 4.85.